The van der Waals surface area contributed by atoms with Gasteiger partial charge in [-0.25, -0.2) is 0 Å². The zero-order valence-corrected chi connectivity index (χ0v) is 9.82. The highest BCUT2D eigenvalue weighted by Gasteiger charge is 2.16. The second kappa shape index (κ2) is 2.98. The maximum Gasteiger partial charge on any atom is 0.0557 e. The largest absolute Gasteiger partial charge is 0.0831 e. The van der Waals surface area contributed by atoms with Gasteiger partial charge in [-0.05, 0) is 56.7 Å². The summed E-state index contributed by atoms with van der Waals surface area (Å²) in [6.07, 6.45) is 2.28. The summed E-state index contributed by atoms with van der Waals surface area (Å²) in [6, 6.07) is 8.53. The van der Waals surface area contributed by atoms with Crippen molar-refractivity contribution in [1.29, 1.82) is 0 Å². The maximum absolute atomic E-state index is 6.15. The summed E-state index contributed by atoms with van der Waals surface area (Å²) in [6.45, 7) is 0. The number of halogens is 2. The zero-order chi connectivity index (χ0) is 9.71. The van der Waals surface area contributed by atoms with Crippen LogP contribution in [0.1, 0.15) is 11.1 Å². The van der Waals surface area contributed by atoms with E-state index in [9.17, 15) is 0 Å². The van der Waals surface area contributed by atoms with Gasteiger partial charge in [0.2, 0.25) is 0 Å². The molecule has 2 aromatic rings. The van der Waals surface area contributed by atoms with Gasteiger partial charge in [-0.1, -0.05) is 29.8 Å². The summed E-state index contributed by atoms with van der Waals surface area (Å²) < 4.78 is 1.03. The number of aryl methyl sites for hydroxylation is 2. The van der Waals surface area contributed by atoms with E-state index < -0.39 is 0 Å². The minimum absolute atomic E-state index is 0.826. The van der Waals surface area contributed by atoms with E-state index in [1.54, 1.807) is 0 Å². The lowest BCUT2D eigenvalue weighted by Crippen LogP contribution is -1.81. The molecule has 0 saturated heterocycles. The zero-order valence-electron chi connectivity index (χ0n) is 7.48. The van der Waals surface area contributed by atoms with Crippen LogP contribution in [0.5, 0.6) is 0 Å². The molecule has 0 amide bonds. The minimum atomic E-state index is 0.826. The van der Waals surface area contributed by atoms with Gasteiger partial charge >= 0.3 is 0 Å². The molecule has 0 aromatic heterocycles. The highest BCUT2D eigenvalue weighted by molar-refractivity contribution is 9.10. The summed E-state index contributed by atoms with van der Waals surface area (Å²) in [4.78, 5) is 0. The number of hydrogen-bond donors (Lipinski definition) is 0. The van der Waals surface area contributed by atoms with Crippen molar-refractivity contribution in [2.24, 2.45) is 0 Å². The quantitative estimate of drug-likeness (QED) is 0.665. The van der Waals surface area contributed by atoms with Crippen LogP contribution in [0.4, 0.5) is 0 Å². The summed E-state index contributed by atoms with van der Waals surface area (Å²) in [7, 11) is 0. The molecular formula is C12H8BrCl. The topological polar surface area (TPSA) is 0 Å². The van der Waals surface area contributed by atoms with Gasteiger partial charge < -0.3 is 0 Å². The van der Waals surface area contributed by atoms with Crippen molar-refractivity contribution in [3.8, 4) is 0 Å². The average molecular weight is 268 g/mol. The fourth-order valence-corrected chi connectivity index (χ4v) is 2.93. The molecule has 0 aliphatic heterocycles. The molecule has 2 aromatic carbocycles. The summed E-state index contributed by atoms with van der Waals surface area (Å²) in [5.74, 6) is 0. The number of benzene rings is 2. The fraction of sp³-hybridized carbons (Fsp3) is 0.167. The molecule has 0 spiro atoms. The van der Waals surface area contributed by atoms with Crippen LogP contribution in [0, 0.1) is 0 Å². The fourth-order valence-electron chi connectivity index (χ4n) is 2.25. The van der Waals surface area contributed by atoms with E-state index in [1.165, 1.54) is 21.9 Å². The smallest absolute Gasteiger partial charge is 0.0557 e. The molecule has 0 N–H and O–H groups in total. The highest BCUT2D eigenvalue weighted by Crippen LogP contribution is 2.39. The lowest BCUT2D eigenvalue weighted by molar-refractivity contribution is 1.02. The first-order chi connectivity index (χ1) is 6.77. The molecule has 0 heterocycles. The molecule has 0 unspecified atom stereocenters. The predicted octanol–water partition coefficient (Wildman–Crippen LogP) is 4.35. The first-order valence-electron chi connectivity index (χ1n) is 4.66. The monoisotopic (exact) mass is 266 g/mol. The molecule has 14 heavy (non-hydrogen) atoms. The third-order valence-corrected chi connectivity index (χ3v) is 4.26. The molecule has 0 saturated carbocycles. The Labute approximate surface area is 96.0 Å². The maximum atomic E-state index is 6.15. The molecule has 70 valence electrons. The molecular weight excluding hydrogens is 259 g/mol. The van der Waals surface area contributed by atoms with E-state index in [-0.39, 0.29) is 0 Å². The Morgan fingerprint density at radius 1 is 1.14 bits per heavy atom. The minimum Gasteiger partial charge on any atom is -0.0831 e. The number of hydrogen-bond acceptors (Lipinski definition) is 0. The summed E-state index contributed by atoms with van der Waals surface area (Å²) in [5, 5.41) is 3.48. The van der Waals surface area contributed by atoms with Crippen LogP contribution >= 0.6 is 27.5 Å². The SMILES string of the molecule is Clc1cc2c3c(cccc3c1Br)CC2. The van der Waals surface area contributed by atoms with Crippen LogP contribution in [0.3, 0.4) is 0 Å². The Morgan fingerprint density at radius 2 is 1.93 bits per heavy atom. The highest BCUT2D eigenvalue weighted by atomic mass is 79.9. The van der Waals surface area contributed by atoms with Gasteiger partial charge in [-0.3, -0.25) is 0 Å². The van der Waals surface area contributed by atoms with E-state index in [4.69, 9.17) is 11.6 Å². The van der Waals surface area contributed by atoms with Crippen molar-refractivity contribution < 1.29 is 0 Å². The van der Waals surface area contributed by atoms with Crippen molar-refractivity contribution in [2.45, 2.75) is 12.8 Å². The second-order valence-corrected chi connectivity index (χ2v) is 4.87. The van der Waals surface area contributed by atoms with E-state index >= 15 is 0 Å². The van der Waals surface area contributed by atoms with Gasteiger partial charge in [0.25, 0.3) is 0 Å². The van der Waals surface area contributed by atoms with Crippen molar-refractivity contribution >= 4 is 38.3 Å². The van der Waals surface area contributed by atoms with E-state index in [0.29, 0.717) is 0 Å². The van der Waals surface area contributed by atoms with Gasteiger partial charge in [0, 0.05) is 4.47 Å². The molecule has 0 radical (unpaired) electrons. The van der Waals surface area contributed by atoms with E-state index in [2.05, 4.69) is 40.2 Å². The van der Waals surface area contributed by atoms with Gasteiger partial charge in [-0.2, -0.15) is 0 Å². The molecule has 3 rings (SSSR count). The summed E-state index contributed by atoms with van der Waals surface area (Å²) in [5.41, 5.74) is 2.85. The second-order valence-electron chi connectivity index (χ2n) is 3.67. The van der Waals surface area contributed by atoms with Gasteiger partial charge in [-0.15, -0.1) is 0 Å². The Kier molecular flexibility index (Phi) is 1.86. The van der Waals surface area contributed by atoms with Crippen LogP contribution in [-0.2, 0) is 12.8 Å². The van der Waals surface area contributed by atoms with Crippen LogP contribution in [-0.4, -0.2) is 0 Å². The normalized spacial score (nSPS) is 13.9. The molecule has 2 heteroatoms. The average Bonchev–Trinajstić information content (AvgIpc) is 2.59. The van der Waals surface area contributed by atoms with Gasteiger partial charge in [0.15, 0.2) is 0 Å². The third kappa shape index (κ3) is 1.06. The first-order valence-corrected chi connectivity index (χ1v) is 5.83. The Bertz CT molecular complexity index is 531. The lowest BCUT2D eigenvalue weighted by Gasteiger charge is -2.05. The van der Waals surface area contributed by atoms with Gasteiger partial charge in [0.1, 0.15) is 0 Å². The molecule has 1 aliphatic rings. The standard InChI is InChI=1S/C12H8BrCl/c13-12-9-3-1-2-7-4-5-8(11(7)9)6-10(12)14/h1-3,6H,4-5H2. The Balaban J connectivity index is 2.57. The van der Waals surface area contributed by atoms with Crippen molar-refractivity contribution in [3.05, 3.63) is 44.9 Å². The van der Waals surface area contributed by atoms with Crippen LogP contribution in [0.15, 0.2) is 28.7 Å². The molecule has 1 aliphatic carbocycles. The number of rotatable bonds is 0. The Hall–Kier alpha value is -0.530. The van der Waals surface area contributed by atoms with E-state index in [1.807, 2.05) is 0 Å². The predicted molar refractivity (Wildman–Crippen MR) is 64.1 cm³/mol. The van der Waals surface area contributed by atoms with Crippen molar-refractivity contribution in [1.82, 2.24) is 0 Å². The van der Waals surface area contributed by atoms with Crippen LogP contribution in [0.25, 0.3) is 10.8 Å². The molecule has 0 fully saturated rings. The van der Waals surface area contributed by atoms with Crippen LogP contribution < -0.4 is 0 Å². The Morgan fingerprint density at radius 3 is 2.79 bits per heavy atom. The van der Waals surface area contributed by atoms with Crippen LogP contribution in [0.2, 0.25) is 5.02 Å². The molecule has 0 nitrogen and oxygen atoms in total. The molecule has 0 bridgehead atoms. The van der Waals surface area contributed by atoms with E-state index in [0.717, 1.165) is 22.3 Å². The van der Waals surface area contributed by atoms with Crippen molar-refractivity contribution in [2.75, 3.05) is 0 Å². The molecule has 0 atom stereocenters. The first kappa shape index (κ1) is 8.75. The van der Waals surface area contributed by atoms with Crippen molar-refractivity contribution in [3.63, 3.8) is 0 Å². The summed E-state index contributed by atoms with van der Waals surface area (Å²) >= 11 is 9.69. The lowest BCUT2D eigenvalue weighted by atomic mass is 10.1. The van der Waals surface area contributed by atoms with Gasteiger partial charge in [0.05, 0.1) is 5.02 Å². The third-order valence-electron chi connectivity index (χ3n) is 2.88.